The van der Waals surface area contributed by atoms with Crippen LogP contribution >= 0.6 is 12.6 Å². The van der Waals surface area contributed by atoms with Crippen molar-refractivity contribution in [3.05, 3.63) is 17.6 Å². The van der Waals surface area contributed by atoms with Crippen LogP contribution in [0.1, 0.15) is 23.1 Å². The average molecular weight is 198 g/mol. The SMILES string of the molecule is CCOC(=O)c1cnc(C)nc1S. The van der Waals surface area contributed by atoms with Crippen LogP contribution < -0.4 is 0 Å². The third kappa shape index (κ3) is 2.42. The van der Waals surface area contributed by atoms with E-state index in [0.717, 1.165) is 0 Å². The molecule has 1 aromatic heterocycles. The van der Waals surface area contributed by atoms with Crippen molar-refractivity contribution < 1.29 is 9.53 Å². The van der Waals surface area contributed by atoms with Crippen LogP contribution in [-0.4, -0.2) is 22.5 Å². The first-order valence-corrected chi connectivity index (χ1v) is 4.29. The number of hydrogen-bond donors (Lipinski definition) is 1. The highest BCUT2D eigenvalue weighted by Gasteiger charge is 2.11. The molecular weight excluding hydrogens is 188 g/mol. The highest BCUT2D eigenvalue weighted by atomic mass is 32.1. The van der Waals surface area contributed by atoms with E-state index in [2.05, 4.69) is 22.6 Å². The Morgan fingerprint density at radius 2 is 2.38 bits per heavy atom. The maximum atomic E-state index is 11.2. The minimum Gasteiger partial charge on any atom is -0.462 e. The summed E-state index contributed by atoms with van der Waals surface area (Å²) in [6.07, 6.45) is 1.42. The quantitative estimate of drug-likeness (QED) is 0.441. The summed E-state index contributed by atoms with van der Waals surface area (Å²) < 4.78 is 4.78. The first-order chi connectivity index (χ1) is 6.15. The number of rotatable bonds is 2. The number of carbonyl (C=O) groups excluding carboxylic acids is 1. The minimum absolute atomic E-state index is 0.302. The molecule has 0 amide bonds. The van der Waals surface area contributed by atoms with Crippen LogP contribution in [0.25, 0.3) is 0 Å². The highest BCUT2D eigenvalue weighted by Crippen LogP contribution is 2.10. The van der Waals surface area contributed by atoms with Gasteiger partial charge in [0.15, 0.2) is 0 Å². The van der Waals surface area contributed by atoms with Gasteiger partial charge in [-0.15, -0.1) is 12.6 Å². The predicted octanol–water partition coefficient (Wildman–Crippen LogP) is 1.25. The molecule has 0 saturated carbocycles. The van der Waals surface area contributed by atoms with Crippen molar-refractivity contribution in [1.82, 2.24) is 9.97 Å². The first-order valence-electron chi connectivity index (χ1n) is 3.85. The van der Waals surface area contributed by atoms with E-state index in [1.54, 1.807) is 13.8 Å². The summed E-state index contributed by atoms with van der Waals surface area (Å²) in [7, 11) is 0. The molecule has 0 aromatic carbocycles. The molecule has 5 heteroatoms. The number of hydrogen-bond acceptors (Lipinski definition) is 5. The Hall–Kier alpha value is -1.10. The van der Waals surface area contributed by atoms with E-state index < -0.39 is 5.97 Å². The van der Waals surface area contributed by atoms with Crippen LogP contribution in [0.5, 0.6) is 0 Å². The van der Waals surface area contributed by atoms with Crippen molar-refractivity contribution in [2.45, 2.75) is 18.9 Å². The molecule has 0 aliphatic carbocycles. The maximum Gasteiger partial charge on any atom is 0.342 e. The van der Waals surface area contributed by atoms with Gasteiger partial charge in [-0.2, -0.15) is 0 Å². The molecule has 0 aliphatic heterocycles. The molecule has 1 rings (SSSR count). The molecule has 0 saturated heterocycles. The zero-order valence-electron chi connectivity index (χ0n) is 7.44. The van der Waals surface area contributed by atoms with Gasteiger partial charge >= 0.3 is 5.97 Å². The van der Waals surface area contributed by atoms with E-state index in [1.165, 1.54) is 6.20 Å². The summed E-state index contributed by atoms with van der Waals surface area (Å²) in [5.41, 5.74) is 0.302. The maximum absolute atomic E-state index is 11.2. The van der Waals surface area contributed by atoms with E-state index in [1.807, 2.05) is 0 Å². The van der Waals surface area contributed by atoms with Crippen molar-refractivity contribution >= 4 is 18.6 Å². The molecule has 0 fully saturated rings. The molecule has 0 aliphatic rings. The van der Waals surface area contributed by atoms with Crippen LogP contribution in [0, 0.1) is 6.92 Å². The topological polar surface area (TPSA) is 52.1 Å². The fraction of sp³-hybridized carbons (Fsp3) is 0.375. The molecular formula is C8H10N2O2S. The van der Waals surface area contributed by atoms with E-state index in [-0.39, 0.29) is 0 Å². The lowest BCUT2D eigenvalue weighted by Crippen LogP contribution is -2.08. The lowest BCUT2D eigenvalue weighted by molar-refractivity contribution is 0.0521. The number of ether oxygens (including phenoxy) is 1. The largest absolute Gasteiger partial charge is 0.462 e. The third-order valence-corrected chi connectivity index (χ3v) is 1.73. The molecule has 70 valence electrons. The molecule has 1 aromatic rings. The number of carbonyl (C=O) groups is 1. The number of nitrogens with zero attached hydrogens (tertiary/aromatic N) is 2. The Morgan fingerprint density at radius 1 is 1.69 bits per heavy atom. The molecule has 13 heavy (non-hydrogen) atoms. The van der Waals surface area contributed by atoms with E-state index in [4.69, 9.17) is 4.74 Å². The molecule has 0 N–H and O–H groups in total. The van der Waals surface area contributed by atoms with Gasteiger partial charge in [-0.05, 0) is 13.8 Å². The van der Waals surface area contributed by atoms with Crippen molar-refractivity contribution in [2.75, 3.05) is 6.61 Å². The summed E-state index contributed by atoms with van der Waals surface area (Å²) in [4.78, 5) is 19.0. The Balaban J connectivity index is 2.95. The van der Waals surface area contributed by atoms with Crippen molar-refractivity contribution in [2.24, 2.45) is 0 Å². The van der Waals surface area contributed by atoms with Crippen molar-refractivity contribution in [3.8, 4) is 0 Å². The Morgan fingerprint density at radius 3 is 2.92 bits per heavy atom. The average Bonchev–Trinajstić information content (AvgIpc) is 2.04. The molecule has 4 nitrogen and oxygen atoms in total. The third-order valence-electron chi connectivity index (χ3n) is 1.38. The Labute approximate surface area is 81.8 Å². The van der Waals surface area contributed by atoms with Crippen LogP contribution in [0.4, 0.5) is 0 Å². The van der Waals surface area contributed by atoms with Crippen molar-refractivity contribution in [1.29, 1.82) is 0 Å². The second-order valence-electron chi connectivity index (χ2n) is 2.37. The van der Waals surface area contributed by atoms with Crippen molar-refractivity contribution in [3.63, 3.8) is 0 Å². The zero-order valence-corrected chi connectivity index (χ0v) is 8.34. The standard InChI is InChI=1S/C8H10N2O2S/c1-3-12-8(11)6-4-9-5(2)10-7(6)13/h4H,3H2,1-2H3,(H,9,10,13). The number of esters is 1. The molecule has 0 bridgehead atoms. The lowest BCUT2D eigenvalue weighted by Gasteiger charge is -2.03. The Kier molecular flexibility index (Phi) is 3.25. The van der Waals surface area contributed by atoms with Crippen LogP contribution in [0.15, 0.2) is 11.2 Å². The Bertz CT molecular complexity index is 328. The van der Waals surface area contributed by atoms with Crippen LogP contribution in [0.2, 0.25) is 0 Å². The number of aryl methyl sites for hydroxylation is 1. The number of thiol groups is 1. The van der Waals surface area contributed by atoms with Gasteiger partial charge in [0.05, 0.1) is 6.61 Å². The summed E-state index contributed by atoms with van der Waals surface area (Å²) in [6.45, 7) is 3.81. The smallest absolute Gasteiger partial charge is 0.342 e. The molecule has 0 unspecified atom stereocenters. The van der Waals surface area contributed by atoms with E-state index in [9.17, 15) is 4.79 Å². The molecule has 0 spiro atoms. The lowest BCUT2D eigenvalue weighted by atomic mass is 10.3. The van der Waals surface area contributed by atoms with Gasteiger partial charge in [-0.1, -0.05) is 0 Å². The second-order valence-corrected chi connectivity index (χ2v) is 2.80. The summed E-state index contributed by atoms with van der Waals surface area (Å²) in [5.74, 6) is 0.144. The van der Waals surface area contributed by atoms with Crippen LogP contribution in [0.3, 0.4) is 0 Å². The monoisotopic (exact) mass is 198 g/mol. The van der Waals surface area contributed by atoms with Gasteiger partial charge in [0.1, 0.15) is 16.4 Å². The summed E-state index contributed by atoms with van der Waals surface area (Å²) in [6, 6.07) is 0. The summed E-state index contributed by atoms with van der Waals surface area (Å²) >= 11 is 4.05. The zero-order chi connectivity index (χ0) is 9.84. The van der Waals surface area contributed by atoms with Crippen LogP contribution in [-0.2, 0) is 4.74 Å². The normalized spacial score (nSPS) is 9.77. The highest BCUT2D eigenvalue weighted by molar-refractivity contribution is 7.80. The predicted molar refractivity (Wildman–Crippen MR) is 50.0 cm³/mol. The van der Waals surface area contributed by atoms with Gasteiger partial charge in [0.2, 0.25) is 0 Å². The molecule has 0 radical (unpaired) electrons. The van der Waals surface area contributed by atoms with Gasteiger partial charge < -0.3 is 4.74 Å². The number of aromatic nitrogens is 2. The second kappa shape index (κ2) is 4.23. The van der Waals surface area contributed by atoms with Gasteiger partial charge in [-0.3, -0.25) is 0 Å². The first kappa shape index (κ1) is 9.98. The molecule has 0 atom stereocenters. The van der Waals surface area contributed by atoms with Gasteiger partial charge in [0.25, 0.3) is 0 Å². The van der Waals surface area contributed by atoms with E-state index in [0.29, 0.717) is 23.0 Å². The van der Waals surface area contributed by atoms with Gasteiger partial charge in [-0.25, -0.2) is 14.8 Å². The minimum atomic E-state index is -0.437. The molecule has 1 heterocycles. The summed E-state index contributed by atoms with van der Waals surface area (Å²) in [5, 5.41) is 0.353. The fourth-order valence-electron chi connectivity index (χ4n) is 0.811. The fourth-order valence-corrected chi connectivity index (χ4v) is 1.10. The van der Waals surface area contributed by atoms with Gasteiger partial charge in [0, 0.05) is 6.20 Å². The van der Waals surface area contributed by atoms with E-state index >= 15 is 0 Å².